The summed E-state index contributed by atoms with van der Waals surface area (Å²) in [6.07, 6.45) is 0.148. The van der Waals surface area contributed by atoms with Crippen LogP contribution in [0.2, 0.25) is 5.02 Å². The summed E-state index contributed by atoms with van der Waals surface area (Å²) in [5.41, 5.74) is 1.23. The van der Waals surface area contributed by atoms with Crippen molar-refractivity contribution in [2.24, 2.45) is 5.92 Å². The van der Waals surface area contributed by atoms with Crippen LogP contribution in [0.15, 0.2) is 48.5 Å². The van der Waals surface area contributed by atoms with Crippen molar-refractivity contribution < 1.29 is 14.0 Å². The van der Waals surface area contributed by atoms with Crippen LogP contribution in [0.3, 0.4) is 0 Å². The number of anilines is 2. The Morgan fingerprint density at radius 3 is 2.43 bits per heavy atom. The molecule has 1 atom stereocenters. The Balaban J connectivity index is 1.68. The van der Waals surface area contributed by atoms with E-state index in [9.17, 15) is 14.0 Å². The largest absolute Gasteiger partial charge is 0.326 e. The Hall–Kier alpha value is -2.40. The zero-order chi connectivity index (χ0) is 16.4. The average molecular weight is 333 g/mol. The summed E-state index contributed by atoms with van der Waals surface area (Å²) in [5, 5.41) is 3.30. The second-order valence-electron chi connectivity index (χ2n) is 5.38. The van der Waals surface area contributed by atoms with Crippen molar-refractivity contribution in [2.75, 3.05) is 16.8 Å². The summed E-state index contributed by atoms with van der Waals surface area (Å²) in [4.78, 5) is 26.0. The fourth-order valence-electron chi connectivity index (χ4n) is 2.53. The van der Waals surface area contributed by atoms with Gasteiger partial charge >= 0.3 is 0 Å². The van der Waals surface area contributed by atoms with E-state index in [-0.39, 0.29) is 24.1 Å². The van der Waals surface area contributed by atoms with Gasteiger partial charge in [0.25, 0.3) is 0 Å². The van der Waals surface area contributed by atoms with E-state index in [2.05, 4.69) is 5.32 Å². The second-order valence-corrected chi connectivity index (χ2v) is 5.81. The van der Waals surface area contributed by atoms with Gasteiger partial charge in [0.15, 0.2) is 0 Å². The van der Waals surface area contributed by atoms with Crippen molar-refractivity contribution in [2.45, 2.75) is 6.42 Å². The van der Waals surface area contributed by atoms with Crippen molar-refractivity contribution in [1.29, 1.82) is 0 Å². The van der Waals surface area contributed by atoms with E-state index in [0.29, 0.717) is 17.3 Å². The molecule has 1 unspecified atom stereocenters. The van der Waals surface area contributed by atoms with Gasteiger partial charge < -0.3 is 10.2 Å². The van der Waals surface area contributed by atoms with Crippen LogP contribution >= 0.6 is 11.6 Å². The molecule has 0 saturated carbocycles. The van der Waals surface area contributed by atoms with Crippen LogP contribution in [-0.4, -0.2) is 18.4 Å². The highest BCUT2D eigenvalue weighted by Gasteiger charge is 2.35. The predicted octanol–water partition coefficient (Wildman–Crippen LogP) is 3.47. The fraction of sp³-hybridized carbons (Fsp3) is 0.176. The molecule has 0 spiro atoms. The van der Waals surface area contributed by atoms with Crippen molar-refractivity contribution in [3.05, 3.63) is 59.4 Å². The van der Waals surface area contributed by atoms with Crippen molar-refractivity contribution in [3.8, 4) is 0 Å². The molecule has 1 fully saturated rings. The van der Waals surface area contributed by atoms with Gasteiger partial charge in [-0.05, 0) is 48.5 Å². The topological polar surface area (TPSA) is 49.4 Å². The number of benzene rings is 2. The minimum absolute atomic E-state index is 0.105. The molecule has 0 aromatic heterocycles. The number of amides is 2. The Morgan fingerprint density at radius 1 is 1.13 bits per heavy atom. The molecule has 1 aliphatic heterocycles. The van der Waals surface area contributed by atoms with Crippen LogP contribution in [0.5, 0.6) is 0 Å². The SMILES string of the molecule is O=C(Nc1ccc(F)cc1)C1CC(=O)N(c2ccc(Cl)cc2)C1. The summed E-state index contributed by atoms with van der Waals surface area (Å²) in [5.74, 6) is -1.16. The Kier molecular flexibility index (Phi) is 4.30. The molecule has 1 N–H and O–H groups in total. The number of nitrogens with one attached hydrogen (secondary N) is 1. The molecule has 1 saturated heterocycles. The molecule has 3 rings (SSSR count). The molecule has 2 amide bonds. The van der Waals surface area contributed by atoms with Gasteiger partial charge in [-0.15, -0.1) is 0 Å². The van der Waals surface area contributed by atoms with Crippen LogP contribution in [0, 0.1) is 11.7 Å². The number of halogens is 2. The van der Waals surface area contributed by atoms with Gasteiger partial charge in [-0.2, -0.15) is 0 Å². The Labute approximate surface area is 137 Å². The smallest absolute Gasteiger partial charge is 0.229 e. The summed E-state index contributed by atoms with van der Waals surface area (Å²) < 4.78 is 12.9. The maximum atomic E-state index is 12.9. The third kappa shape index (κ3) is 3.51. The van der Waals surface area contributed by atoms with Crippen molar-refractivity contribution in [1.82, 2.24) is 0 Å². The number of carbonyl (C=O) groups excluding carboxylic acids is 2. The first-order valence-corrected chi connectivity index (χ1v) is 7.53. The Morgan fingerprint density at radius 2 is 1.78 bits per heavy atom. The molecule has 118 valence electrons. The van der Waals surface area contributed by atoms with E-state index in [1.807, 2.05) is 0 Å². The Bertz CT molecular complexity index is 731. The third-order valence-electron chi connectivity index (χ3n) is 3.75. The predicted molar refractivity (Wildman–Crippen MR) is 86.9 cm³/mol. The number of hydrogen-bond donors (Lipinski definition) is 1. The highest BCUT2D eigenvalue weighted by atomic mass is 35.5. The van der Waals surface area contributed by atoms with E-state index < -0.39 is 5.92 Å². The molecule has 1 heterocycles. The van der Waals surface area contributed by atoms with E-state index in [1.165, 1.54) is 24.3 Å². The minimum Gasteiger partial charge on any atom is -0.326 e. The van der Waals surface area contributed by atoms with Crippen LogP contribution in [0.25, 0.3) is 0 Å². The molecule has 6 heteroatoms. The summed E-state index contributed by atoms with van der Waals surface area (Å²) in [7, 11) is 0. The number of rotatable bonds is 3. The van der Waals surface area contributed by atoms with Crippen molar-refractivity contribution in [3.63, 3.8) is 0 Å². The molecule has 2 aromatic carbocycles. The molecule has 1 aliphatic rings. The second kappa shape index (κ2) is 6.38. The molecule has 0 bridgehead atoms. The zero-order valence-corrected chi connectivity index (χ0v) is 12.9. The van der Waals surface area contributed by atoms with Gasteiger partial charge in [-0.3, -0.25) is 9.59 Å². The fourth-order valence-corrected chi connectivity index (χ4v) is 2.66. The van der Waals surface area contributed by atoms with Gasteiger partial charge in [-0.25, -0.2) is 4.39 Å². The lowest BCUT2D eigenvalue weighted by Crippen LogP contribution is -2.28. The normalized spacial score (nSPS) is 17.4. The van der Waals surface area contributed by atoms with Crippen LogP contribution in [-0.2, 0) is 9.59 Å². The molecular weight excluding hydrogens is 319 g/mol. The third-order valence-corrected chi connectivity index (χ3v) is 4.00. The first-order chi connectivity index (χ1) is 11.0. The van der Waals surface area contributed by atoms with E-state index in [0.717, 1.165) is 5.69 Å². The first-order valence-electron chi connectivity index (χ1n) is 7.15. The molecule has 0 aliphatic carbocycles. The van der Waals surface area contributed by atoms with Gasteiger partial charge in [0, 0.05) is 29.4 Å². The standard InChI is InChI=1S/C17H14ClFN2O2/c18-12-1-7-15(8-2-12)21-10-11(9-16(21)22)17(23)20-14-5-3-13(19)4-6-14/h1-8,11H,9-10H2,(H,20,23). The number of carbonyl (C=O) groups is 2. The first kappa shape index (κ1) is 15.5. The highest BCUT2D eigenvalue weighted by molar-refractivity contribution is 6.30. The molecule has 23 heavy (non-hydrogen) atoms. The van der Waals surface area contributed by atoms with Crippen LogP contribution in [0.1, 0.15) is 6.42 Å². The van der Waals surface area contributed by atoms with E-state index in [4.69, 9.17) is 11.6 Å². The minimum atomic E-state index is -0.441. The summed E-state index contributed by atoms with van der Waals surface area (Å²) in [6.45, 7) is 0.313. The maximum Gasteiger partial charge on any atom is 0.229 e. The lowest BCUT2D eigenvalue weighted by molar-refractivity contribution is -0.122. The molecule has 0 radical (unpaired) electrons. The monoisotopic (exact) mass is 332 g/mol. The lowest BCUT2D eigenvalue weighted by Gasteiger charge is -2.16. The highest BCUT2D eigenvalue weighted by Crippen LogP contribution is 2.27. The van der Waals surface area contributed by atoms with E-state index in [1.54, 1.807) is 29.2 Å². The molecule has 4 nitrogen and oxygen atoms in total. The summed E-state index contributed by atoms with van der Waals surface area (Å²) in [6, 6.07) is 12.4. The number of hydrogen-bond acceptors (Lipinski definition) is 2. The van der Waals surface area contributed by atoms with Crippen LogP contribution in [0.4, 0.5) is 15.8 Å². The zero-order valence-electron chi connectivity index (χ0n) is 12.1. The number of nitrogens with zero attached hydrogens (tertiary/aromatic N) is 1. The van der Waals surface area contributed by atoms with Crippen LogP contribution < -0.4 is 10.2 Å². The van der Waals surface area contributed by atoms with E-state index >= 15 is 0 Å². The quantitative estimate of drug-likeness (QED) is 0.935. The van der Waals surface area contributed by atoms with Gasteiger partial charge in [-0.1, -0.05) is 11.6 Å². The summed E-state index contributed by atoms with van der Waals surface area (Å²) >= 11 is 5.84. The van der Waals surface area contributed by atoms with Crippen molar-refractivity contribution >= 4 is 34.8 Å². The molecule has 2 aromatic rings. The lowest BCUT2D eigenvalue weighted by atomic mass is 10.1. The average Bonchev–Trinajstić information content (AvgIpc) is 2.92. The maximum absolute atomic E-state index is 12.9. The van der Waals surface area contributed by atoms with Gasteiger partial charge in [0.05, 0.1) is 5.92 Å². The molecular formula is C17H14ClFN2O2. The van der Waals surface area contributed by atoms with Gasteiger partial charge in [0.1, 0.15) is 5.82 Å². The van der Waals surface area contributed by atoms with Gasteiger partial charge in [0.2, 0.25) is 11.8 Å².